The average molecular weight is 328 g/mol. The number of rotatable bonds is 7. The smallest absolute Gasteiger partial charge is 0.0545 e. The second-order valence-corrected chi connectivity index (χ2v) is 7.86. The highest BCUT2D eigenvalue weighted by molar-refractivity contribution is 7.85. The summed E-state index contributed by atoms with van der Waals surface area (Å²) in [5.74, 6) is 1.37. The summed E-state index contributed by atoms with van der Waals surface area (Å²) in [6.07, 6.45) is 7.65. The fraction of sp³-hybridized carbons (Fsp3) is 0.647. The highest BCUT2D eigenvalue weighted by Crippen LogP contribution is 2.27. The van der Waals surface area contributed by atoms with E-state index < -0.39 is 10.8 Å². The molecule has 2 rings (SSSR count). The molecule has 1 aromatic carbocycles. The first-order valence-corrected chi connectivity index (χ1v) is 9.77. The molecular formula is C17H26ClNOS. The van der Waals surface area contributed by atoms with Gasteiger partial charge in [-0.3, -0.25) is 4.21 Å². The lowest BCUT2D eigenvalue weighted by Gasteiger charge is -2.31. The van der Waals surface area contributed by atoms with Gasteiger partial charge in [0.1, 0.15) is 0 Å². The van der Waals surface area contributed by atoms with Crippen molar-refractivity contribution >= 4 is 22.4 Å². The fourth-order valence-corrected chi connectivity index (χ4v) is 4.75. The Bertz CT molecular complexity index is 460. The molecule has 1 aliphatic rings. The van der Waals surface area contributed by atoms with Crippen LogP contribution in [0.5, 0.6) is 0 Å². The molecule has 0 bridgehead atoms. The van der Waals surface area contributed by atoms with E-state index in [1.54, 1.807) is 0 Å². The largest absolute Gasteiger partial charge is 0.313 e. The molecule has 0 amide bonds. The van der Waals surface area contributed by atoms with Crippen LogP contribution in [0.25, 0.3) is 0 Å². The number of hydrogen-bond donors (Lipinski definition) is 1. The van der Waals surface area contributed by atoms with Gasteiger partial charge in [0.25, 0.3) is 0 Å². The van der Waals surface area contributed by atoms with Crippen LogP contribution in [0.2, 0.25) is 5.02 Å². The molecule has 0 aliphatic heterocycles. The lowest BCUT2D eigenvalue weighted by molar-refractivity contribution is 0.284. The Morgan fingerprint density at radius 2 is 2.10 bits per heavy atom. The molecule has 1 aromatic rings. The lowest BCUT2D eigenvalue weighted by Crippen LogP contribution is -2.41. The zero-order valence-corrected chi connectivity index (χ0v) is 14.4. The predicted octanol–water partition coefficient (Wildman–Crippen LogP) is 4.40. The van der Waals surface area contributed by atoms with Crippen molar-refractivity contribution in [2.75, 3.05) is 12.3 Å². The van der Waals surface area contributed by atoms with Crippen molar-refractivity contribution in [2.45, 2.75) is 56.4 Å². The van der Waals surface area contributed by atoms with E-state index >= 15 is 0 Å². The quantitative estimate of drug-likeness (QED) is 0.804. The lowest BCUT2D eigenvalue weighted by atomic mass is 9.84. The summed E-state index contributed by atoms with van der Waals surface area (Å²) in [4.78, 5) is 0.849. The first-order valence-electron chi connectivity index (χ1n) is 8.08. The van der Waals surface area contributed by atoms with Crippen LogP contribution in [0.3, 0.4) is 0 Å². The maximum atomic E-state index is 12.6. The van der Waals surface area contributed by atoms with Crippen LogP contribution in [0.4, 0.5) is 0 Å². The maximum Gasteiger partial charge on any atom is 0.0545 e. The van der Waals surface area contributed by atoms with E-state index in [1.165, 1.54) is 32.1 Å². The van der Waals surface area contributed by atoms with Gasteiger partial charge in [-0.05, 0) is 49.9 Å². The number of benzene rings is 1. The SMILES string of the molecule is CCCNC(CS(=O)c1cccc(Cl)c1)C1CCCCC1. The Morgan fingerprint density at radius 1 is 1.33 bits per heavy atom. The van der Waals surface area contributed by atoms with Gasteiger partial charge >= 0.3 is 0 Å². The molecule has 1 saturated carbocycles. The molecule has 0 spiro atoms. The zero-order valence-electron chi connectivity index (χ0n) is 12.8. The highest BCUT2D eigenvalue weighted by atomic mass is 35.5. The van der Waals surface area contributed by atoms with Gasteiger partial charge in [0.2, 0.25) is 0 Å². The summed E-state index contributed by atoms with van der Waals surface area (Å²) < 4.78 is 12.6. The van der Waals surface area contributed by atoms with Gasteiger partial charge in [-0.1, -0.05) is 43.9 Å². The van der Waals surface area contributed by atoms with Crippen LogP contribution in [0, 0.1) is 5.92 Å². The van der Waals surface area contributed by atoms with Crippen molar-refractivity contribution in [2.24, 2.45) is 5.92 Å². The molecule has 2 atom stereocenters. The molecule has 1 fully saturated rings. The Morgan fingerprint density at radius 3 is 2.76 bits per heavy atom. The molecule has 118 valence electrons. The fourth-order valence-electron chi connectivity index (χ4n) is 3.10. The van der Waals surface area contributed by atoms with Crippen LogP contribution < -0.4 is 5.32 Å². The van der Waals surface area contributed by atoms with Gasteiger partial charge in [0.05, 0.1) is 10.8 Å². The molecular weight excluding hydrogens is 302 g/mol. The summed E-state index contributed by atoms with van der Waals surface area (Å²) in [6, 6.07) is 7.82. The van der Waals surface area contributed by atoms with E-state index in [0.29, 0.717) is 22.7 Å². The van der Waals surface area contributed by atoms with Gasteiger partial charge in [-0.25, -0.2) is 0 Å². The molecule has 0 radical (unpaired) electrons. The Labute approximate surface area is 136 Å². The molecule has 4 heteroatoms. The van der Waals surface area contributed by atoms with Crippen molar-refractivity contribution in [3.63, 3.8) is 0 Å². The topological polar surface area (TPSA) is 29.1 Å². The molecule has 0 heterocycles. The summed E-state index contributed by atoms with van der Waals surface area (Å²) >= 11 is 6.01. The predicted molar refractivity (Wildman–Crippen MR) is 91.4 cm³/mol. The normalized spacial score (nSPS) is 19.3. The van der Waals surface area contributed by atoms with Crippen molar-refractivity contribution < 1.29 is 4.21 Å². The average Bonchev–Trinajstić information content (AvgIpc) is 2.52. The minimum Gasteiger partial charge on any atom is -0.313 e. The zero-order chi connectivity index (χ0) is 15.1. The first-order chi connectivity index (χ1) is 10.2. The highest BCUT2D eigenvalue weighted by Gasteiger charge is 2.25. The van der Waals surface area contributed by atoms with Crippen LogP contribution >= 0.6 is 11.6 Å². The summed E-state index contributed by atoms with van der Waals surface area (Å²) in [5.41, 5.74) is 0. The molecule has 1 aliphatic carbocycles. The van der Waals surface area contributed by atoms with Crippen LogP contribution in [0.15, 0.2) is 29.2 Å². The van der Waals surface area contributed by atoms with E-state index in [9.17, 15) is 4.21 Å². The van der Waals surface area contributed by atoms with Crippen LogP contribution in [-0.4, -0.2) is 22.5 Å². The standard InChI is InChI=1S/C17H26ClNOS/c1-2-11-19-17(14-7-4-3-5-8-14)13-21(20)16-10-6-9-15(18)12-16/h6,9-10,12,14,17,19H,2-5,7-8,11,13H2,1H3. The minimum atomic E-state index is -0.976. The Balaban J connectivity index is 2.01. The molecule has 0 aromatic heterocycles. The van der Waals surface area contributed by atoms with Crippen molar-refractivity contribution in [3.05, 3.63) is 29.3 Å². The number of nitrogens with one attached hydrogen (secondary N) is 1. The van der Waals surface area contributed by atoms with Gasteiger partial charge in [0.15, 0.2) is 0 Å². The first kappa shape index (κ1) is 17.0. The maximum absolute atomic E-state index is 12.6. The van der Waals surface area contributed by atoms with Gasteiger partial charge < -0.3 is 5.32 Å². The number of hydrogen-bond acceptors (Lipinski definition) is 2. The van der Waals surface area contributed by atoms with E-state index in [1.807, 2.05) is 24.3 Å². The number of halogens is 1. The third-order valence-corrected chi connectivity index (χ3v) is 5.94. The Hall–Kier alpha value is -0.380. The van der Waals surface area contributed by atoms with Crippen molar-refractivity contribution in [1.29, 1.82) is 0 Å². The van der Waals surface area contributed by atoms with E-state index in [4.69, 9.17) is 11.6 Å². The Kier molecular flexibility index (Phi) is 7.21. The van der Waals surface area contributed by atoms with E-state index in [0.717, 1.165) is 17.9 Å². The van der Waals surface area contributed by atoms with Crippen LogP contribution in [0.1, 0.15) is 45.4 Å². The van der Waals surface area contributed by atoms with Crippen molar-refractivity contribution in [1.82, 2.24) is 5.32 Å². The van der Waals surface area contributed by atoms with Crippen LogP contribution in [-0.2, 0) is 10.8 Å². The van der Waals surface area contributed by atoms with Gasteiger partial charge in [0, 0.05) is 21.7 Å². The second-order valence-electron chi connectivity index (χ2n) is 5.93. The minimum absolute atomic E-state index is 0.366. The second kappa shape index (κ2) is 8.92. The third kappa shape index (κ3) is 5.39. The molecule has 21 heavy (non-hydrogen) atoms. The summed E-state index contributed by atoms with van der Waals surface area (Å²) in [6.45, 7) is 3.19. The van der Waals surface area contributed by atoms with Crippen molar-refractivity contribution in [3.8, 4) is 0 Å². The molecule has 1 N–H and O–H groups in total. The van der Waals surface area contributed by atoms with E-state index in [2.05, 4.69) is 12.2 Å². The molecule has 2 unspecified atom stereocenters. The van der Waals surface area contributed by atoms with E-state index in [-0.39, 0.29) is 0 Å². The van der Waals surface area contributed by atoms with Gasteiger partial charge in [-0.15, -0.1) is 0 Å². The summed E-state index contributed by atoms with van der Waals surface area (Å²) in [5, 5.41) is 4.29. The summed E-state index contributed by atoms with van der Waals surface area (Å²) in [7, 11) is -0.976. The third-order valence-electron chi connectivity index (χ3n) is 4.27. The monoisotopic (exact) mass is 327 g/mol. The van der Waals surface area contributed by atoms with Gasteiger partial charge in [-0.2, -0.15) is 0 Å². The molecule has 2 nitrogen and oxygen atoms in total. The molecule has 0 saturated heterocycles.